The highest BCUT2D eigenvalue weighted by atomic mass is 15.0. The Hall–Kier alpha value is -3.26. The number of aromatic nitrogens is 2. The second-order valence-electron chi connectivity index (χ2n) is 7.33. The van der Waals surface area contributed by atoms with E-state index >= 15 is 0 Å². The molecular formula is C24H18N2. The van der Waals surface area contributed by atoms with Gasteiger partial charge in [0.25, 0.3) is 0 Å². The summed E-state index contributed by atoms with van der Waals surface area (Å²) in [6, 6.07) is 24.4. The Bertz CT molecular complexity index is 1500. The summed E-state index contributed by atoms with van der Waals surface area (Å²) in [5, 5.41) is 7.77. The minimum Gasteiger partial charge on any atom is -0.353 e. The molecule has 0 aliphatic heterocycles. The summed E-state index contributed by atoms with van der Waals surface area (Å²) in [4.78, 5) is 3.71. The van der Waals surface area contributed by atoms with Crippen LogP contribution in [-0.4, -0.2) is 9.55 Å². The number of benzene rings is 4. The van der Waals surface area contributed by atoms with Gasteiger partial charge < -0.3 is 9.55 Å². The van der Waals surface area contributed by atoms with Crippen molar-refractivity contribution in [3.05, 3.63) is 72.3 Å². The van der Waals surface area contributed by atoms with Crippen molar-refractivity contribution in [2.24, 2.45) is 7.05 Å². The Morgan fingerprint density at radius 2 is 1.46 bits per heavy atom. The lowest BCUT2D eigenvalue weighted by molar-refractivity contribution is 1.02. The average Bonchev–Trinajstić information content (AvgIpc) is 3.15. The largest absolute Gasteiger partial charge is 0.353 e. The number of hydrogen-bond acceptors (Lipinski definition) is 0. The third kappa shape index (κ3) is 1.66. The maximum atomic E-state index is 3.71. The Balaban J connectivity index is 1.86. The summed E-state index contributed by atoms with van der Waals surface area (Å²) < 4.78 is 2.33. The fraction of sp³-hybridized carbons (Fsp3) is 0.0833. The van der Waals surface area contributed by atoms with E-state index in [0.29, 0.717) is 0 Å². The molecule has 0 atom stereocenters. The van der Waals surface area contributed by atoms with Crippen LogP contribution in [0.3, 0.4) is 0 Å². The van der Waals surface area contributed by atoms with Crippen molar-refractivity contribution in [2.45, 2.75) is 6.92 Å². The highest BCUT2D eigenvalue weighted by molar-refractivity contribution is 6.23. The first-order chi connectivity index (χ1) is 12.7. The number of hydrogen-bond donors (Lipinski definition) is 1. The van der Waals surface area contributed by atoms with E-state index in [4.69, 9.17) is 0 Å². The molecule has 6 aromatic rings. The minimum atomic E-state index is 1.20. The topological polar surface area (TPSA) is 20.7 Å². The summed E-state index contributed by atoms with van der Waals surface area (Å²) in [6.07, 6.45) is 0. The van der Waals surface area contributed by atoms with Crippen LogP contribution in [0.5, 0.6) is 0 Å². The van der Waals surface area contributed by atoms with Gasteiger partial charge in [-0.15, -0.1) is 0 Å². The highest BCUT2D eigenvalue weighted by Crippen LogP contribution is 2.37. The molecule has 0 saturated carbocycles. The summed E-state index contributed by atoms with van der Waals surface area (Å²) in [5.41, 5.74) is 6.29. The van der Waals surface area contributed by atoms with Crippen molar-refractivity contribution >= 4 is 54.4 Å². The Kier molecular flexibility index (Phi) is 2.51. The third-order valence-electron chi connectivity index (χ3n) is 5.75. The number of nitrogens with one attached hydrogen (secondary N) is 1. The number of rotatable bonds is 0. The Morgan fingerprint density at radius 3 is 2.31 bits per heavy atom. The van der Waals surface area contributed by atoms with E-state index in [1.807, 2.05) is 0 Å². The molecule has 0 radical (unpaired) electrons. The molecule has 0 unspecified atom stereocenters. The van der Waals surface area contributed by atoms with Gasteiger partial charge in [-0.3, -0.25) is 0 Å². The van der Waals surface area contributed by atoms with Crippen LogP contribution in [0.1, 0.15) is 5.56 Å². The van der Waals surface area contributed by atoms with Crippen molar-refractivity contribution in [1.29, 1.82) is 0 Å². The molecule has 2 heteroatoms. The van der Waals surface area contributed by atoms with Gasteiger partial charge in [-0.2, -0.15) is 0 Å². The van der Waals surface area contributed by atoms with Crippen LogP contribution in [0.15, 0.2) is 66.7 Å². The average molecular weight is 334 g/mol. The first-order valence-corrected chi connectivity index (χ1v) is 9.03. The minimum absolute atomic E-state index is 1.20. The van der Waals surface area contributed by atoms with E-state index in [9.17, 15) is 0 Å². The molecule has 0 aliphatic carbocycles. The maximum Gasteiger partial charge on any atom is 0.0734 e. The summed E-state index contributed by atoms with van der Waals surface area (Å²) in [5.74, 6) is 0. The predicted molar refractivity (Wildman–Crippen MR) is 112 cm³/mol. The van der Waals surface area contributed by atoms with Gasteiger partial charge in [-0.25, -0.2) is 0 Å². The fourth-order valence-electron chi connectivity index (χ4n) is 4.48. The van der Waals surface area contributed by atoms with Crippen LogP contribution in [0.25, 0.3) is 54.4 Å². The van der Waals surface area contributed by atoms with Crippen molar-refractivity contribution in [2.75, 3.05) is 0 Å². The number of aryl methyl sites for hydroxylation is 2. The molecule has 6 rings (SSSR count). The smallest absolute Gasteiger partial charge is 0.0734 e. The Labute approximate surface area is 150 Å². The van der Waals surface area contributed by atoms with E-state index in [1.54, 1.807) is 0 Å². The first-order valence-electron chi connectivity index (χ1n) is 9.03. The molecule has 124 valence electrons. The zero-order valence-electron chi connectivity index (χ0n) is 14.8. The van der Waals surface area contributed by atoms with Crippen LogP contribution in [0, 0.1) is 6.92 Å². The van der Waals surface area contributed by atoms with Crippen molar-refractivity contribution in [3.63, 3.8) is 0 Å². The molecule has 26 heavy (non-hydrogen) atoms. The van der Waals surface area contributed by atoms with E-state index in [1.165, 1.54) is 59.9 Å². The van der Waals surface area contributed by atoms with E-state index in [-0.39, 0.29) is 0 Å². The quantitative estimate of drug-likeness (QED) is 0.330. The van der Waals surface area contributed by atoms with Gasteiger partial charge in [-0.05, 0) is 41.5 Å². The van der Waals surface area contributed by atoms with E-state index < -0.39 is 0 Å². The van der Waals surface area contributed by atoms with Gasteiger partial charge in [-0.1, -0.05) is 48.5 Å². The van der Waals surface area contributed by atoms with E-state index in [2.05, 4.69) is 90.3 Å². The lowest BCUT2D eigenvalue weighted by Gasteiger charge is -2.00. The van der Waals surface area contributed by atoms with Crippen LogP contribution >= 0.6 is 0 Å². The highest BCUT2D eigenvalue weighted by Gasteiger charge is 2.14. The van der Waals surface area contributed by atoms with Crippen LogP contribution < -0.4 is 0 Å². The number of aromatic amines is 1. The second-order valence-corrected chi connectivity index (χ2v) is 7.33. The molecule has 0 bridgehead atoms. The number of H-pyrrole nitrogens is 1. The number of nitrogens with zero attached hydrogens (tertiary/aromatic N) is 1. The third-order valence-corrected chi connectivity index (χ3v) is 5.75. The van der Waals surface area contributed by atoms with Crippen molar-refractivity contribution in [1.82, 2.24) is 9.55 Å². The second kappa shape index (κ2) is 4.67. The lowest BCUT2D eigenvalue weighted by Crippen LogP contribution is -1.88. The fourth-order valence-corrected chi connectivity index (χ4v) is 4.48. The molecule has 1 N–H and O–H groups in total. The summed E-state index contributed by atoms with van der Waals surface area (Å²) >= 11 is 0. The molecule has 2 aromatic heterocycles. The summed E-state index contributed by atoms with van der Waals surface area (Å²) in [7, 11) is 2.17. The van der Waals surface area contributed by atoms with Crippen LogP contribution in [0.2, 0.25) is 0 Å². The SMILES string of the molecule is Cc1ccc2c3ccc4c5cc6ccccc6cc5[nH]c4c3n(C)c2c1. The molecule has 2 heterocycles. The Morgan fingerprint density at radius 1 is 0.731 bits per heavy atom. The lowest BCUT2D eigenvalue weighted by atomic mass is 10.0. The van der Waals surface area contributed by atoms with Crippen molar-refractivity contribution in [3.8, 4) is 0 Å². The molecule has 0 fully saturated rings. The van der Waals surface area contributed by atoms with Gasteiger partial charge in [0, 0.05) is 39.6 Å². The number of fused-ring (bicyclic) bond motifs is 8. The molecular weight excluding hydrogens is 316 g/mol. The molecule has 4 aromatic carbocycles. The van der Waals surface area contributed by atoms with Gasteiger partial charge >= 0.3 is 0 Å². The van der Waals surface area contributed by atoms with Gasteiger partial charge in [0.2, 0.25) is 0 Å². The van der Waals surface area contributed by atoms with Crippen LogP contribution in [0.4, 0.5) is 0 Å². The van der Waals surface area contributed by atoms with Gasteiger partial charge in [0.1, 0.15) is 0 Å². The zero-order chi connectivity index (χ0) is 17.4. The predicted octanol–water partition coefficient (Wildman–Crippen LogP) is 6.43. The first kappa shape index (κ1) is 14.0. The van der Waals surface area contributed by atoms with Gasteiger partial charge in [0.15, 0.2) is 0 Å². The zero-order valence-corrected chi connectivity index (χ0v) is 14.8. The summed E-state index contributed by atoms with van der Waals surface area (Å²) in [6.45, 7) is 2.15. The molecule has 0 amide bonds. The molecule has 0 spiro atoms. The normalized spacial score (nSPS) is 12.2. The standard InChI is InChI=1S/C24H18N2/c1-14-7-8-17-19-10-9-18-20-12-15-5-3-4-6-16(15)13-21(20)25-23(18)24(19)26(2)22(17)11-14/h3-13,25H,1-2H3. The monoisotopic (exact) mass is 334 g/mol. The van der Waals surface area contributed by atoms with Gasteiger partial charge in [0.05, 0.1) is 11.0 Å². The van der Waals surface area contributed by atoms with E-state index in [0.717, 1.165) is 0 Å². The molecule has 2 nitrogen and oxygen atoms in total. The van der Waals surface area contributed by atoms with Crippen molar-refractivity contribution < 1.29 is 0 Å². The van der Waals surface area contributed by atoms with Crippen LogP contribution in [-0.2, 0) is 7.05 Å². The molecule has 0 aliphatic rings. The maximum absolute atomic E-state index is 3.71. The molecule has 0 saturated heterocycles.